The second-order valence-electron chi connectivity index (χ2n) is 5.40. The first-order chi connectivity index (χ1) is 11.9. The quantitative estimate of drug-likeness (QED) is 0.767. The van der Waals surface area contributed by atoms with E-state index < -0.39 is 5.91 Å². The molecule has 2 N–H and O–H groups in total. The summed E-state index contributed by atoms with van der Waals surface area (Å²) < 4.78 is 15.3. The number of carbonyl (C=O) groups excluding carboxylic acids is 2. The van der Waals surface area contributed by atoms with Crippen molar-refractivity contribution in [2.75, 3.05) is 20.8 Å². The van der Waals surface area contributed by atoms with Gasteiger partial charge in [-0.3, -0.25) is 9.59 Å². The van der Waals surface area contributed by atoms with Crippen molar-refractivity contribution in [3.63, 3.8) is 0 Å². The van der Waals surface area contributed by atoms with Gasteiger partial charge in [-0.2, -0.15) is 4.98 Å². The molecule has 0 aliphatic heterocycles. The van der Waals surface area contributed by atoms with E-state index in [0.29, 0.717) is 17.1 Å². The SMILES string of the molecule is COc1ccc(-c2noc(C(=O)NCC(=O)NC(C)C)n2)cc1OC. The minimum Gasteiger partial charge on any atom is -0.493 e. The van der Waals surface area contributed by atoms with Crippen LogP contribution in [0.1, 0.15) is 24.5 Å². The summed E-state index contributed by atoms with van der Waals surface area (Å²) in [5.74, 6) is 0.117. The fourth-order valence-electron chi connectivity index (χ4n) is 2.02. The zero-order valence-corrected chi connectivity index (χ0v) is 14.5. The van der Waals surface area contributed by atoms with Crippen LogP contribution in [0.15, 0.2) is 22.7 Å². The molecule has 0 atom stereocenters. The van der Waals surface area contributed by atoms with E-state index in [1.165, 1.54) is 14.2 Å². The Morgan fingerprint density at radius 1 is 1.20 bits per heavy atom. The van der Waals surface area contributed by atoms with E-state index in [2.05, 4.69) is 20.8 Å². The third kappa shape index (κ3) is 4.69. The zero-order valence-electron chi connectivity index (χ0n) is 14.5. The Hall–Kier alpha value is -3.10. The van der Waals surface area contributed by atoms with Crippen molar-refractivity contribution in [2.24, 2.45) is 0 Å². The van der Waals surface area contributed by atoms with Crippen LogP contribution in [-0.2, 0) is 4.79 Å². The Labute approximate surface area is 144 Å². The number of carbonyl (C=O) groups is 2. The number of aromatic nitrogens is 2. The van der Waals surface area contributed by atoms with Gasteiger partial charge in [-0.1, -0.05) is 5.16 Å². The molecule has 2 amide bonds. The largest absolute Gasteiger partial charge is 0.493 e. The molecule has 0 aliphatic carbocycles. The Bertz CT molecular complexity index is 757. The molecule has 1 heterocycles. The number of hydrogen-bond donors (Lipinski definition) is 2. The highest BCUT2D eigenvalue weighted by atomic mass is 16.5. The van der Waals surface area contributed by atoms with E-state index in [4.69, 9.17) is 14.0 Å². The molecule has 0 saturated carbocycles. The van der Waals surface area contributed by atoms with Crippen molar-refractivity contribution in [3.8, 4) is 22.9 Å². The molecule has 1 aromatic carbocycles. The fraction of sp³-hybridized carbons (Fsp3) is 0.375. The van der Waals surface area contributed by atoms with E-state index in [-0.39, 0.29) is 30.2 Å². The van der Waals surface area contributed by atoms with Crippen LogP contribution < -0.4 is 20.1 Å². The molecular weight excluding hydrogens is 328 g/mol. The second kappa shape index (κ2) is 8.13. The zero-order chi connectivity index (χ0) is 18.4. The third-order valence-electron chi connectivity index (χ3n) is 3.12. The Morgan fingerprint density at radius 3 is 2.56 bits per heavy atom. The van der Waals surface area contributed by atoms with E-state index in [9.17, 15) is 9.59 Å². The third-order valence-corrected chi connectivity index (χ3v) is 3.12. The number of nitrogens with one attached hydrogen (secondary N) is 2. The average Bonchev–Trinajstić information content (AvgIpc) is 3.08. The molecule has 1 aromatic heterocycles. The van der Waals surface area contributed by atoms with E-state index in [1.807, 2.05) is 13.8 Å². The summed E-state index contributed by atoms with van der Waals surface area (Å²) in [5, 5.41) is 8.85. The van der Waals surface area contributed by atoms with Gasteiger partial charge in [-0.05, 0) is 32.0 Å². The minimum absolute atomic E-state index is 0.00976. The van der Waals surface area contributed by atoms with Crippen LogP contribution in [0, 0.1) is 0 Å². The normalized spacial score (nSPS) is 10.4. The lowest BCUT2D eigenvalue weighted by atomic mass is 10.2. The molecule has 2 rings (SSSR count). The topological polar surface area (TPSA) is 116 Å². The van der Waals surface area contributed by atoms with Crippen LogP contribution in [0.25, 0.3) is 11.4 Å². The number of amides is 2. The summed E-state index contributed by atoms with van der Waals surface area (Å²) in [4.78, 5) is 27.5. The van der Waals surface area contributed by atoms with Gasteiger partial charge in [0.25, 0.3) is 0 Å². The maximum atomic E-state index is 12.0. The van der Waals surface area contributed by atoms with E-state index >= 15 is 0 Å². The van der Waals surface area contributed by atoms with Crippen LogP contribution in [0.2, 0.25) is 0 Å². The Kier molecular flexibility index (Phi) is 5.93. The maximum Gasteiger partial charge on any atom is 0.316 e. The van der Waals surface area contributed by atoms with Gasteiger partial charge < -0.3 is 24.6 Å². The van der Waals surface area contributed by atoms with Crippen molar-refractivity contribution < 1.29 is 23.6 Å². The first-order valence-electron chi connectivity index (χ1n) is 7.58. The maximum absolute atomic E-state index is 12.0. The average molecular weight is 348 g/mol. The smallest absolute Gasteiger partial charge is 0.316 e. The molecule has 134 valence electrons. The van der Waals surface area contributed by atoms with E-state index in [0.717, 1.165) is 0 Å². The predicted octanol–water partition coefficient (Wildman–Crippen LogP) is 1.01. The molecule has 0 radical (unpaired) electrons. The van der Waals surface area contributed by atoms with Crippen molar-refractivity contribution in [3.05, 3.63) is 24.1 Å². The Morgan fingerprint density at radius 2 is 1.92 bits per heavy atom. The van der Waals surface area contributed by atoms with Gasteiger partial charge in [0.05, 0.1) is 20.8 Å². The van der Waals surface area contributed by atoms with Crippen LogP contribution in [0.4, 0.5) is 0 Å². The van der Waals surface area contributed by atoms with Crippen LogP contribution in [-0.4, -0.2) is 48.8 Å². The van der Waals surface area contributed by atoms with Gasteiger partial charge in [-0.25, -0.2) is 0 Å². The number of ether oxygens (including phenoxy) is 2. The lowest BCUT2D eigenvalue weighted by Gasteiger charge is -2.08. The minimum atomic E-state index is -0.627. The van der Waals surface area contributed by atoms with Gasteiger partial charge in [0, 0.05) is 11.6 Å². The van der Waals surface area contributed by atoms with Gasteiger partial charge in [0.2, 0.25) is 11.7 Å². The molecule has 0 spiro atoms. The summed E-state index contributed by atoms with van der Waals surface area (Å²) in [6, 6.07) is 5.07. The molecule has 0 aliphatic rings. The summed E-state index contributed by atoms with van der Waals surface area (Å²) in [6.07, 6.45) is 0. The highest BCUT2D eigenvalue weighted by Crippen LogP contribution is 2.31. The number of benzene rings is 1. The number of rotatable bonds is 7. The van der Waals surface area contributed by atoms with Crippen LogP contribution >= 0.6 is 0 Å². The predicted molar refractivity (Wildman–Crippen MR) is 88.4 cm³/mol. The molecule has 25 heavy (non-hydrogen) atoms. The van der Waals surface area contributed by atoms with Gasteiger partial charge in [0.1, 0.15) is 0 Å². The highest BCUT2D eigenvalue weighted by molar-refractivity contribution is 5.93. The first-order valence-corrected chi connectivity index (χ1v) is 7.58. The molecule has 9 heteroatoms. The van der Waals surface area contributed by atoms with Crippen molar-refractivity contribution >= 4 is 11.8 Å². The molecule has 0 fully saturated rings. The Balaban J connectivity index is 2.06. The lowest BCUT2D eigenvalue weighted by molar-refractivity contribution is -0.120. The van der Waals surface area contributed by atoms with Crippen LogP contribution in [0.5, 0.6) is 11.5 Å². The number of hydrogen-bond acceptors (Lipinski definition) is 7. The standard InChI is InChI=1S/C16H20N4O5/c1-9(2)18-13(21)8-17-15(22)16-19-14(20-25-16)10-5-6-11(23-3)12(7-10)24-4/h5-7,9H,8H2,1-4H3,(H,17,22)(H,18,21). The van der Waals surface area contributed by atoms with E-state index in [1.54, 1.807) is 18.2 Å². The lowest BCUT2D eigenvalue weighted by Crippen LogP contribution is -2.39. The summed E-state index contributed by atoms with van der Waals surface area (Å²) >= 11 is 0. The van der Waals surface area contributed by atoms with Gasteiger partial charge in [-0.15, -0.1) is 0 Å². The first kappa shape index (κ1) is 18.2. The molecule has 0 saturated heterocycles. The molecule has 2 aromatic rings. The fourth-order valence-corrected chi connectivity index (χ4v) is 2.02. The number of nitrogens with zero attached hydrogens (tertiary/aromatic N) is 2. The van der Waals surface area contributed by atoms with Crippen molar-refractivity contribution in [2.45, 2.75) is 19.9 Å². The molecule has 0 bridgehead atoms. The van der Waals surface area contributed by atoms with Crippen molar-refractivity contribution in [1.29, 1.82) is 0 Å². The number of methoxy groups -OCH3 is 2. The molecule has 9 nitrogen and oxygen atoms in total. The molecular formula is C16H20N4O5. The monoisotopic (exact) mass is 348 g/mol. The highest BCUT2D eigenvalue weighted by Gasteiger charge is 2.18. The summed E-state index contributed by atoms with van der Waals surface area (Å²) in [6.45, 7) is 3.48. The summed E-state index contributed by atoms with van der Waals surface area (Å²) in [5.41, 5.74) is 0.595. The van der Waals surface area contributed by atoms with Gasteiger partial charge in [0.15, 0.2) is 11.5 Å². The van der Waals surface area contributed by atoms with Gasteiger partial charge >= 0.3 is 11.8 Å². The second-order valence-corrected chi connectivity index (χ2v) is 5.40. The van der Waals surface area contributed by atoms with Crippen molar-refractivity contribution in [1.82, 2.24) is 20.8 Å². The summed E-state index contributed by atoms with van der Waals surface area (Å²) in [7, 11) is 3.04. The molecule has 0 unspecified atom stereocenters. The van der Waals surface area contributed by atoms with Crippen LogP contribution in [0.3, 0.4) is 0 Å².